The van der Waals surface area contributed by atoms with Crippen LogP contribution in [0.4, 0.5) is 0 Å². The molecule has 4 heteroatoms. The molecule has 0 saturated carbocycles. The number of aromatic nitrogens is 1. The highest BCUT2D eigenvalue weighted by Gasteiger charge is 2.19. The number of hydrogen-bond acceptors (Lipinski definition) is 3. The normalized spacial score (nSPS) is 13.5. The molecule has 0 saturated heterocycles. The van der Waals surface area contributed by atoms with E-state index in [1.807, 2.05) is 49.4 Å². The number of pyridine rings is 1. The van der Waals surface area contributed by atoms with Crippen LogP contribution in [0.1, 0.15) is 24.1 Å². The summed E-state index contributed by atoms with van der Waals surface area (Å²) in [5.74, 6) is -0.249. The fraction of sp³-hybridized carbons (Fsp3) is 0.250. The predicted molar refractivity (Wildman–Crippen MR) is 78.9 cm³/mol. The van der Waals surface area contributed by atoms with Crippen molar-refractivity contribution in [3.63, 3.8) is 0 Å². The third-order valence-corrected chi connectivity index (χ3v) is 3.26. The molecule has 0 fully saturated rings. The van der Waals surface area contributed by atoms with Crippen molar-refractivity contribution in [1.82, 2.24) is 10.3 Å². The average molecular weight is 269 g/mol. The molecule has 20 heavy (non-hydrogen) atoms. The molecule has 0 bridgehead atoms. The number of carbonyl (C=O) groups is 1. The summed E-state index contributed by atoms with van der Waals surface area (Å²) in [4.78, 5) is 16.1. The molecule has 1 aromatic carbocycles. The summed E-state index contributed by atoms with van der Waals surface area (Å²) in [5.41, 5.74) is 7.60. The van der Waals surface area contributed by atoms with Crippen LogP contribution in [0.15, 0.2) is 54.9 Å². The highest BCUT2D eigenvalue weighted by molar-refractivity contribution is 5.79. The minimum atomic E-state index is -0.206. The molecule has 2 rings (SSSR count). The fourth-order valence-electron chi connectivity index (χ4n) is 1.95. The second-order valence-corrected chi connectivity index (χ2v) is 4.77. The largest absolute Gasteiger partial charge is 0.345 e. The van der Waals surface area contributed by atoms with Gasteiger partial charge in [0.25, 0.3) is 0 Å². The summed E-state index contributed by atoms with van der Waals surface area (Å²) in [7, 11) is 0. The zero-order valence-corrected chi connectivity index (χ0v) is 11.5. The summed E-state index contributed by atoms with van der Waals surface area (Å²) < 4.78 is 0. The maximum Gasteiger partial charge on any atom is 0.224 e. The van der Waals surface area contributed by atoms with E-state index < -0.39 is 0 Å². The van der Waals surface area contributed by atoms with Crippen molar-refractivity contribution in [2.24, 2.45) is 11.7 Å². The van der Waals surface area contributed by atoms with E-state index in [2.05, 4.69) is 10.3 Å². The lowest BCUT2D eigenvalue weighted by atomic mass is 9.98. The lowest BCUT2D eigenvalue weighted by molar-refractivity contribution is -0.124. The van der Waals surface area contributed by atoms with Crippen molar-refractivity contribution in [1.29, 1.82) is 0 Å². The van der Waals surface area contributed by atoms with E-state index in [-0.39, 0.29) is 17.9 Å². The van der Waals surface area contributed by atoms with E-state index in [0.29, 0.717) is 6.54 Å². The molecule has 3 N–H and O–H groups in total. The van der Waals surface area contributed by atoms with Gasteiger partial charge in [-0.1, -0.05) is 37.3 Å². The van der Waals surface area contributed by atoms with Crippen LogP contribution in [-0.2, 0) is 4.79 Å². The number of rotatable bonds is 5. The smallest absolute Gasteiger partial charge is 0.224 e. The van der Waals surface area contributed by atoms with Gasteiger partial charge >= 0.3 is 0 Å². The lowest BCUT2D eigenvalue weighted by Crippen LogP contribution is -2.36. The molecule has 104 valence electrons. The summed E-state index contributed by atoms with van der Waals surface area (Å²) >= 11 is 0. The molecule has 1 amide bonds. The zero-order valence-electron chi connectivity index (χ0n) is 11.5. The number of nitrogens with one attached hydrogen (secondary N) is 1. The van der Waals surface area contributed by atoms with Crippen LogP contribution in [0, 0.1) is 5.92 Å². The molecule has 0 aliphatic rings. The van der Waals surface area contributed by atoms with Crippen LogP contribution < -0.4 is 11.1 Å². The van der Waals surface area contributed by atoms with Crippen molar-refractivity contribution in [2.45, 2.75) is 13.0 Å². The van der Waals surface area contributed by atoms with Gasteiger partial charge in [-0.15, -0.1) is 0 Å². The van der Waals surface area contributed by atoms with Gasteiger partial charge in [0.1, 0.15) is 0 Å². The van der Waals surface area contributed by atoms with E-state index in [1.54, 1.807) is 12.4 Å². The fourth-order valence-corrected chi connectivity index (χ4v) is 1.95. The molecular weight excluding hydrogens is 250 g/mol. The van der Waals surface area contributed by atoms with E-state index >= 15 is 0 Å². The van der Waals surface area contributed by atoms with E-state index in [0.717, 1.165) is 11.1 Å². The maximum absolute atomic E-state index is 12.1. The van der Waals surface area contributed by atoms with Crippen molar-refractivity contribution in [3.05, 3.63) is 66.0 Å². The number of amides is 1. The van der Waals surface area contributed by atoms with Crippen LogP contribution in [0.3, 0.4) is 0 Å². The first-order chi connectivity index (χ1) is 9.72. The molecule has 4 nitrogen and oxygen atoms in total. The van der Waals surface area contributed by atoms with Crippen LogP contribution in [0.2, 0.25) is 0 Å². The average Bonchev–Trinajstić information content (AvgIpc) is 2.53. The second-order valence-electron chi connectivity index (χ2n) is 4.77. The van der Waals surface area contributed by atoms with Crippen molar-refractivity contribution >= 4 is 5.91 Å². The Labute approximate surface area is 119 Å². The number of hydrogen-bond donors (Lipinski definition) is 2. The molecule has 1 aromatic heterocycles. The molecule has 1 heterocycles. The Morgan fingerprint density at radius 1 is 1.15 bits per heavy atom. The first-order valence-corrected chi connectivity index (χ1v) is 6.67. The van der Waals surface area contributed by atoms with Gasteiger partial charge in [0, 0.05) is 24.9 Å². The minimum Gasteiger partial charge on any atom is -0.345 e. The van der Waals surface area contributed by atoms with Crippen LogP contribution in [-0.4, -0.2) is 17.4 Å². The van der Waals surface area contributed by atoms with Crippen molar-refractivity contribution in [3.8, 4) is 0 Å². The Balaban J connectivity index is 2.28. The zero-order chi connectivity index (χ0) is 14.4. The molecular formula is C16H19N3O. The molecule has 2 unspecified atom stereocenters. The summed E-state index contributed by atoms with van der Waals surface area (Å²) in [6, 6.07) is 13.5. The maximum atomic E-state index is 12.1. The van der Waals surface area contributed by atoms with E-state index in [9.17, 15) is 4.79 Å². The van der Waals surface area contributed by atoms with Gasteiger partial charge in [-0.05, 0) is 23.3 Å². The van der Waals surface area contributed by atoms with Gasteiger partial charge in [-0.3, -0.25) is 9.78 Å². The molecule has 0 aliphatic carbocycles. The molecule has 2 atom stereocenters. The van der Waals surface area contributed by atoms with Crippen LogP contribution in [0.5, 0.6) is 0 Å². The van der Waals surface area contributed by atoms with Crippen molar-refractivity contribution < 1.29 is 4.79 Å². The number of nitrogens with zero attached hydrogens (tertiary/aromatic N) is 1. The van der Waals surface area contributed by atoms with Gasteiger partial charge in [0.2, 0.25) is 5.91 Å². The van der Waals surface area contributed by atoms with Crippen molar-refractivity contribution in [2.75, 3.05) is 6.54 Å². The SMILES string of the molecule is CC(CN)C(=O)NC(c1ccccc1)c1ccncc1. The Morgan fingerprint density at radius 2 is 1.75 bits per heavy atom. The third kappa shape index (κ3) is 3.42. The molecule has 0 radical (unpaired) electrons. The van der Waals surface area contributed by atoms with E-state index in [1.165, 1.54) is 0 Å². The lowest BCUT2D eigenvalue weighted by Gasteiger charge is -2.21. The summed E-state index contributed by atoms with van der Waals surface area (Å²) in [5, 5.41) is 3.05. The highest BCUT2D eigenvalue weighted by Crippen LogP contribution is 2.21. The Hall–Kier alpha value is -2.20. The number of nitrogens with two attached hydrogens (primary N) is 1. The third-order valence-electron chi connectivity index (χ3n) is 3.26. The van der Waals surface area contributed by atoms with Crippen LogP contribution in [0.25, 0.3) is 0 Å². The Bertz CT molecular complexity index is 503. The van der Waals surface area contributed by atoms with E-state index in [4.69, 9.17) is 5.73 Å². The van der Waals surface area contributed by atoms with Gasteiger partial charge in [0.05, 0.1) is 6.04 Å². The predicted octanol–water partition coefficient (Wildman–Crippen LogP) is 1.88. The first-order valence-electron chi connectivity index (χ1n) is 6.67. The molecule has 0 aliphatic heterocycles. The molecule has 2 aromatic rings. The standard InChI is InChI=1S/C16H19N3O/c1-12(11-17)16(20)19-15(13-5-3-2-4-6-13)14-7-9-18-10-8-14/h2-10,12,15H,11,17H2,1H3,(H,19,20). The first kappa shape index (κ1) is 14.2. The van der Waals surface area contributed by atoms with Gasteiger partial charge in [0.15, 0.2) is 0 Å². The van der Waals surface area contributed by atoms with Gasteiger partial charge < -0.3 is 11.1 Å². The quantitative estimate of drug-likeness (QED) is 0.871. The van der Waals surface area contributed by atoms with Gasteiger partial charge in [-0.25, -0.2) is 0 Å². The monoisotopic (exact) mass is 269 g/mol. The second kappa shape index (κ2) is 6.82. The number of carbonyl (C=O) groups excluding carboxylic acids is 1. The van der Waals surface area contributed by atoms with Gasteiger partial charge in [-0.2, -0.15) is 0 Å². The summed E-state index contributed by atoms with van der Waals surface area (Å²) in [6.07, 6.45) is 3.45. The highest BCUT2D eigenvalue weighted by atomic mass is 16.1. The Morgan fingerprint density at radius 3 is 2.35 bits per heavy atom. The molecule has 0 spiro atoms. The minimum absolute atomic E-state index is 0.0434. The topological polar surface area (TPSA) is 68.0 Å². The Kier molecular flexibility index (Phi) is 4.85. The van der Waals surface area contributed by atoms with Crippen LogP contribution >= 0.6 is 0 Å². The summed E-state index contributed by atoms with van der Waals surface area (Å²) in [6.45, 7) is 2.16. The number of benzene rings is 1.